The summed E-state index contributed by atoms with van der Waals surface area (Å²) in [5.41, 5.74) is 2.72. The molecule has 2 fully saturated rings. The van der Waals surface area contributed by atoms with Crippen molar-refractivity contribution < 1.29 is 8.42 Å². The Labute approximate surface area is 144 Å². The van der Waals surface area contributed by atoms with E-state index < -0.39 is 9.84 Å². The summed E-state index contributed by atoms with van der Waals surface area (Å²) < 4.78 is 23.1. The standard InChI is InChI=1S/C18H27N3O2S/c1-12(2)13-4-6-14(7-5-13)16-10-17(16)21-18(19-3)20-15-8-9-24(22,23)11-15/h4-7,12,15-17H,8-11H2,1-3H3,(H2,19,20,21). The van der Waals surface area contributed by atoms with E-state index in [0.29, 0.717) is 30.3 Å². The highest BCUT2D eigenvalue weighted by Gasteiger charge is 2.39. The van der Waals surface area contributed by atoms with E-state index in [1.807, 2.05) is 0 Å². The minimum Gasteiger partial charge on any atom is -0.353 e. The number of rotatable bonds is 4. The number of nitrogens with zero attached hydrogens (tertiary/aromatic N) is 1. The molecule has 1 saturated heterocycles. The third-order valence-electron chi connectivity index (χ3n) is 4.94. The highest BCUT2D eigenvalue weighted by Crippen LogP contribution is 2.41. The molecule has 1 aliphatic carbocycles. The van der Waals surface area contributed by atoms with Crippen LogP contribution in [0.15, 0.2) is 29.3 Å². The zero-order chi connectivity index (χ0) is 17.3. The van der Waals surface area contributed by atoms with Crippen LogP contribution in [0.5, 0.6) is 0 Å². The molecule has 24 heavy (non-hydrogen) atoms. The molecule has 5 nitrogen and oxygen atoms in total. The van der Waals surface area contributed by atoms with Crippen molar-refractivity contribution in [2.45, 2.75) is 50.6 Å². The highest BCUT2D eigenvalue weighted by atomic mass is 32.2. The van der Waals surface area contributed by atoms with Gasteiger partial charge < -0.3 is 10.6 Å². The van der Waals surface area contributed by atoms with Crippen molar-refractivity contribution >= 4 is 15.8 Å². The van der Waals surface area contributed by atoms with Crippen LogP contribution in [-0.2, 0) is 9.84 Å². The Morgan fingerprint density at radius 3 is 2.46 bits per heavy atom. The van der Waals surface area contributed by atoms with Gasteiger partial charge in [-0.1, -0.05) is 38.1 Å². The summed E-state index contributed by atoms with van der Waals surface area (Å²) in [6.07, 6.45) is 1.75. The number of hydrogen-bond donors (Lipinski definition) is 2. The van der Waals surface area contributed by atoms with Crippen LogP contribution in [0, 0.1) is 0 Å². The van der Waals surface area contributed by atoms with Crippen molar-refractivity contribution in [2.75, 3.05) is 18.6 Å². The lowest BCUT2D eigenvalue weighted by Crippen LogP contribution is -2.45. The molecular weight excluding hydrogens is 322 g/mol. The normalized spacial score (nSPS) is 28.8. The van der Waals surface area contributed by atoms with Gasteiger partial charge in [0.25, 0.3) is 0 Å². The zero-order valence-electron chi connectivity index (χ0n) is 14.6. The predicted octanol–water partition coefficient (Wildman–Crippen LogP) is 2.02. The van der Waals surface area contributed by atoms with Crippen molar-refractivity contribution in [3.05, 3.63) is 35.4 Å². The van der Waals surface area contributed by atoms with Gasteiger partial charge in [-0.25, -0.2) is 8.42 Å². The summed E-state index contributed by atoms with van der Waals surface area (Å²) >= 11 is 0. The first kappa shape index (κ1) is 17.3. The minimum atomic E-state index is -2.87. The molecule has 2 aliphatic rings. The van der Waals surface area contributed by atoms with Gasteiger partial charge >= 0.3 is 0 Å². The summed E-state index contributed by atoms with van der Waals surface area (Å²) in [5.74, 6) is 2.26. The molecule has 0 spiro atoms. The summed E-state index contributed by atoms with van der Waals surface area (Å²) in [6, 6.07) is 9.23. The smallest absolute Gasteiger partial charge is 0.191 e. The van der Waals surface area contributed by atoms with E-state index in [2.05, 4.69) is 53.7 Å². The molecule has 1 aromatic carbocycles. The van der Waals surface area contributed by atoms with Crippen molar-refractivity contribution in [3.63, 3.8) is 0 Å². The van der Waals surface area contributed by atoms with Crippen LogP contribution in [0.1, 0.15) is 49.7 Å². The quantitative estimate of drug-likeness (QED) is 0.644. The molecule has 0 radical (unpaired) electrons. The molecule has 0 aromatic heterocycles. The topological polar surface area (TPSA) is 70.6 Å². The summed E-state index contributed by atoms with van der Waals surface area (Å²) in [6.45, 7) is 4.41. The van der Waals surface area contributed by atoms with E-state index in [4.69, 9.17) is 0 Å². The van der Waals surface area contributed by atoms with Crippen LogP contribution in [0.25, 0.3) is 0 Å². The molecule has 1 heterocycles. The van der Waals surface area contributed by atoms with E-state index in [-0.39, 0.29) is 17.5 Å². The molecule has 1 aromatic rings. The molecule has 2 N–H and O–H groups in total. The molecule has 1 aliphatic heterocycles. The number of aliphatic imine (C=N–C) groups is 1. The summed E-state index contributed by atoms with van der Waals surface area (Å²) in [4.78, 5) is 4.24. The van der Waals surface area contributed by atoms with Crippen LogP contribution in [0.2, 0.25) is 0 Å². The Kier molecular flexibility index (Phi) is 4.85. The third kappa shape index (κ3) is 4.09. The van der Waals surface area contributed by atoms with Gasteiger partial charge in [-0.15, -0.1) is 0 Å². The molecule has 132 valence electrons. The molecular formula is C18H27N3O2S. The Balaban J connectivity index is 1.53. The fourth-order valence-corrected chi connectivity index (χ4v) is 4.97. The average molecular weight is 350 g/mol. The van der Waals surface area contributed by atoms with Crippen LogP contribution >= 0.6 is 0 Å². The van der Waals surface area contributed by atoms with Gasteiger partial charge in [-0.05, 0) is 29.9 Å². The van der Waals surface area contributed by atoms with E-state index in [9.17, 15) is 8.42 Å². The first-order chi connectivity index (χ1) is 11.4. The molecule has 0 amide bonds. The number of hydrogen-bond acceptors (Lipinski definition) is 3. The van der Waals surface area contributed by atoms with E-state index >= 15 is 0 Å². The molecule has 3 unspecified atom stereocenters. The zero-order valence-corrected chi connectivity index (χ0v) is 15.4. The minimum absolute atomic E-state index is 0.0243. The van der Waals surface area contributed by atoms with Crippen molar-refractivity contribution in [1.29, 1.82) is 0 Å². The maximum atomic E-state index is 11.6. The lowest BCUT2D eigenvalue weighted by molar-refractivity contribution is 0.599. The maximum absolute atomic E-state index is 11.6. The van der Waals surface area contributed by atoms with Gasteiger partial charge in [-0.2, -0.15) is 0 Å². The van der Waals surface area contributed by atoms with Gasteiger partial charge in [0, 0.05) is 25.0 Å². The van der Waals surface area contributed by atoms with Gasteiger partial charge in [-0.3, -0.25) is 4.99 Å². The van der Waals surface area contributed by atoms with Crippen LogP contribution in [0.3, 0.4) is 0 Å². The highest BCUT2D eigenvalue weighted by molar-refractivity contribution is 7.91. The van der Waals surface area contributed by atoms with Crippen LogP contribution < -0.4 is 10.6 Å². The fraction of sp³-hybridized carbons (Fsp3) is 0.611. The number of sulfone groups is 1. The van der Waals surface area contributed by atoms with Crippen molar-refractivity contribution in [1.82, 2.24) is 10.6 Å². The number of nitrogens with one attached hydrogen (secondary N) is 2. The van der Waals surface area contributed by atoms with E-state index in [0.717, 1.165) is 6.42 Å². The van der Waals surface area contributed by atoms with Crippen LogP contribution in [0.4, 0.5) is 0 Å². The Hall–Kier alpha value is -1.56. The maximum Gasteiger partial charge on any atom is 0.191 e. The van der Waals surface area contributed by atoms with Crippen molar-refractivity contribution in [3.8, 4) is 0 Å². The SMILES string of the molecule is CN=C(NC1CCS(=O)(=O)C1)NC1CC1c1ccc(C(C)C)cc1. The van der Waals surface area contributed by atoms with Gasteiger partial charge in [0.15, 0.2) is 15.8 Å². The molecule has 3 atom stereocenters. The lowest BCUT2D eigenvalue weighted by Gasteiger charge is -2.16. The summed E-state index contributed by atoms with van der Waals surface area (Å²) in [5, 5.41) is 6.67. The first-order valence-corrected chi connectivity index (χ1v) is 10.5. The van der Waals surface area contributed by atoms with Crippen LogP contribution in [-0.4, -0.2) is 45.0 Å². The molecule has 1 saturated carbocycles. The second kappa shape index (κ2) is 6.75. The lowest BCUT2D eigenvalue weighted by atomic mass is 10.0. The Bertz CT molecular complexity index is 710. The van der Waals surface area contributed by atoms with Crippen molar-refractivity contribution in [2.24, 2.45) is 4.99 Å². The van der Waals surface area contributed by atoms with Gasteiger partial charge in [0.1, 0.15) is 0 Å². The van der Waals surface area contributed by atoms with Gasteiger partial charge in [0.05, 0.1) is 11.5 Å². The third-order valence-corrected chi connectivity index (χ3v) is 6.71. The van der Waals surface area contributed by atoms with E-state index in [1.165, 1.54) is 11.1 Å². The molecule has 0 bridgehead atoms. The van der Waals surface area contributed by atoms with E-state index in [1.54, 1.807) is 7.05 Å². The number of benzene rings is 1. The monoisotopic (exact) mass is 349 g/mol. The fourth-order valence-electron chi connectivity index (χ4n) is 3.30. The van der Waals surface area contributed by atoms with Gasteiger partial charge in [0.2, 0.25) is 0 Å². The Morgan fingerprint density at radius 2 is 1.92 bits per heavy atom. The second-order valence-corrected chi connectivity index (χ2v) is 9.46. The second-order valence-electron chi connectivity index (χ2n) is 7.23. The first-order valence-electron chi connectivity index (χ1n) is 8.68. The Morgan fingerprint density at radius 1 is 1.21 bits per heavy atom. The summed E-state index contributed by atoms with van der Waals surface area (Å²) in [7, 11) is -1.14. The molecule has 3 rings (SSSR count). The predicted molar refractivity (Wildman–Crippen MR) is 98.4 cm³/mol. The number of guanidine groups is 1. The molecule has 6 heteroatoms. The largest absolute Gasteiger partial charge is 0.353 e. The average Bonchev–Trinajstić information content (AvgIpc) is 3.22.